The van der Waals surface area contributed by atoms with Crippen LogP contribution < -0.4 is 4.90 Å². The van der Waals surface area contributed by atoms with Crippen molar-refractivity contribution >= 4 is 29.0 Å². The van der Waals surface area contributed by atoms with Crippen molar-refractivity contribution in [2.45, 2.75) is 58.5 Å². The first-order valence-electron chi connectivity index (χ1n) is 9.67. The minimum atomic E-state index is -0.234. The van der Waals surface area contributed by atoms with Gasteiger partial charge in [-0.25, -0.2) is 0 Å². The van der Waals surface area contributed by atoms with Gasteiger partial charge in [0.1, 0.15) is 0 Å². The maximum absolute atomic E-state index is 9.91. The van der Waals surface area contributed by atoms with E-state index in [4.69, 9.17) is 14.5 Å². The van der Waals surface area contributed by atoms with Crippen molar-refractivity contribution < 1.29 is 14.6 Å². The molecule has 2 aliphatic rings. The van der Waals surface area contributed by atoms with E-state index in [0.29, 0.717) is 13.2 Å². The van der Waals surface area contributed by atoms with E-state index < -0.39 is 0 Å². The first kappa shape index (κ1) is 20.3. The van der Waals surface area contributed by atoms with Crippen molar-refractivity contribution in [3.8, 4) is 0 Å². The molecule has 2 fully saturated rings. The van der Waals surface area contributed by atoms with Gasteiger partial charge in [0.2, 0.25) is 0 Å². The molecule has 148 valence electrons. The summed E-state index contributed by atoms with van der Waals surface area (Å²) in [5, 5.41) is 11.1. The lowest BCUT2D eigenvalue weighted by molar-refractivity contribution is -0.169. The second-order valence-corrected chi connectivity index (χ2v) is 7.57. The number of hydrogen-bond donors (Lipinski definition) is 1. The van der Waals surface area contributed by atoms with Gasteiger partial charge in [0.05, 0.1) is 18.2 Å². The number of hydrogen-bond acceptors (Lipinski definition) is 5. The Bertz CT molecular complexity index is 793. The van der Waals surface area contributed by atoms with Crippen LogP contribution in [0.15, 0.2) is 18.2 Å². The molecule has 1 aromatic heterocycles. The first-order valence-corrected chi connectivity index (χ1v) is 9.67. The topological polar surface area (TPSA) is 54.8 Å². The van der Waals surface area contributed by atoms with Crippen LogP contribution in [-0.2, 0) is 16.1 Å². The molecule has 0 radical (unpaired) electrons. The molecule has 4 rings (SSSR count). The molecule has 0 aliphatic carbocycles. The largest absolute Gasteiger partial charge is 0.391 e. The third-order valence-corrected chi connectivity index (χ3v) is 5.44. The monoisotopic (exact) mass is 392 g/mol. The number of fused-ring (bicyclic) bond motifs is 1. The van der Waals surface area contributed by atoms with Gasteiger partial charge in [-0.3, -0.25) is 4.98 Å². The summed E-state index contributed by atoms with van der Waals surface area (Å²) < 4.78 is 11.7. The van der Waals surface area contributed by atoms with Gasteiger partial charge in [0.25, 0.3) is 0 Å². The SMILES string of the molecule is Cc1cc(N2CCC(O)C2)c2cc(C)c(COC3CCCCO3)cc2n1.Cl. The zero-order chi connectivity index (χ0) is 18.1. The Morgan fingerprint density at radius 2 is 2.07 bits per heavy atom. The average molecular weight is 393 g/mol. The molecule has 6 heteroatoms. The number of ether oxygens (including phenoxy) is 2. The van der Waals surface area contributed by atoms with Gasteiger partial charge in [-0.15, -0.1) is 12.4 Å². The standard InChI is InChI=1S/C21H28N2O3.ClH/c1-14-9-18-19(11-16(14)13-26-21-5-3-4-8-25-21)22-15(2)10-20(18)23-7-6-17(24)12-23;/h9-11,17,21,24H,3-8,12-13H2,1-2H3;1H. The van der Waals surface area contributed by atoms with Crippen molar-refractivity contribution in [1.82, 2.24) is 4.98 Å². The van der Waals surface area contributed by atoms with E-state index in [1.54, 1.807) is 0 Å². The molecular weight excluding hydrogens is 364 g/mol. The molecule has 3 heterocycles. The second-order valence-electron chi connectivity index (χ2n) is 7.57. The summed E-state index contributed by atoms with van der Waals surface area (Å²) >= 11 is 0. The summed E-state index contributed by atoms with van der Waals surface area (Å²) in [7, 11) is 0. The highest BCUT2D eigenvalue weighted by Crippen LogP contribution is 2.32. The summed E-state index contributed by atoms with van der Waals surface area (Å²) in [6.45, 7) is 7.10. The van der Waals surface area contributed by atoms with Crippen LogP contribution >= 0.6 is 12.4 Å². The Kier molecular flexibility index (Phi) is 6.58. The van der Waals surface area contributed by atoms with E-state index in [0.717, 1.165) is 54.6 Å². The van der Waals surface area contributed by atoms with E-state index in [1.807, 2.05) is 6.92 Å². The Hall–Kier alpha value is -1.40. The summed E-state index contributed by atoms with van der Waals surface area (Å²) in [5.41, 5.74) is 5.54. The number of benzene rings is 1. The molecule has 5 nitrogen and oxygen atoms in total. The van der Waals surface area contributed by atoms with Crippen LogP contribution in [0.25, 0.3) is 10.9 Å². The van der Waals surface area contributed by atoms with Gasteiger partial charge in [-0.2, -0.15) is 0 Å². The number of rotatable bonds is 4. The summed E-state index contributed by atoms with van der Waals surface area (Å²) in [5.74, 6) is 0. The van der Waals surface area contributed by atoms with Crippen molar-refractivity contribution in [3.05, 3.63) is 35.0 Å². The molecule has 2 aromatic rings. The summed E-state index contributed by atoms with van der Waals surface area (Å²) in [6, 6.07) is 6.49. The maximum Gasteiger partial charge on any atom is 0.158 e. The summed E-state index contributed by atoms with van der Waals surface area (Å²) in [6.07, 6.45) is 3.80. The van der Waals surface area contributed by atoms with Gasteiger partial charge in [-0.05, 0) is 68.9 Å². The number of pyridine rings is 1. The molecule has 0 amide bonds. The van der Waals surface area contributed by atoms with Crippen molar-refractivity contribution in [2.24, 2.45) is 0 Å². The van der Waals surface area contributed by atoms with Crippen molar-refractivity contribution in [2.75, 3.05) is 24.6 Å². The van der Waals surface area contributed by atoms with Gasteiger partial charge < -0.3 is 19.5 Å². The third-order valence-electron chi connectivity index (χ3n) is 5.44. The van der Waals surface area contributed by atoms with Crippen LogP contribution in [0.1, 0.15) is 42.5 Å². The molecule has 2 saturated heterocycles. The van der Waals surface area contributed by atoms with E-state index in [-0.39, 0.29) is 24.8 Å². The minimum Gasteiger partial charge on any atom is -0.391 e. The van der Waals surface area contributed by atoms with Crippen LogP contribution in [0, 0.1) is 13.8 Å². The van der Waals surface area contributed by atoms with Crippen LogP contribution in [-0.4, -0.2) is 42.2 Å². The zero-order valence-corrected chi connectivity index (χ0v) is 16.9. The van der Waals surface area contributed by atoms with Gasteiger partial charge >= 0.3 is 0 Å². The van der Waals surface area contributed by atoms with Gasteiger partial charge in [0, 0.05) is 36.5 Å². The van der Waals surface area contributed by atoms with Crippen molar-refractivity contribution in [1.29, 1.82) is 0 Å². The lowest BCUT2D eigenvalue weighted by atomic mass is 10.0. The molecule has 2 aliphatic heterocycles. The number of aromatic nitrogens is 1. The van der Waals surface area contributed by atoms with Gasteiger partial charge in [0.15, 0.2) is 6.29 Å². The minimum absolute atomic E-state index is 0. The number of halogens is 1. The maximum atomic E-state index is 9.91. The number of anilines is 1. The molecule has 2 unspecified atom stereocenters. The highest BCUT2D eigenvalue weighted by Gasteiger charge is 2.23. The van der Waals surface area contributed by atoms with Crippen LogP contribution in [0.5, 0.6) is 0 Å². The van der Waals surface area contributed by atoms with Crippen LogP contribution in [0.2, 0.25) is 0 Å². The van der Waals surface area contributed by atoms with E-state index in [1.165, 1.54) is 17.7 Å². The first-order chi connectivity index (χ1) is 12.6. The fourth-order valence-corrected chi connectivity index (χ4v) is 3.94. The Balaban J connectivity index is 0.00000210. The third kappa shape index (κ3) is 4.54. The Morgan fingerprint density at radius 1 is 1.22 bits per heavy atom. The van der Waals surface area contributed by atoms with Gasteiger partial charge in [-0.1, -0.05) is 0 Å². The lowest BCUT2D eigenvalue weighted by Crippen LogP contribution is -2.22. The fraction of sp³-hybridized carbons (Fsp3) is 0.571. The van der Waals surface area contributed by atoms with E-state index >= 15 is 0 Å². The molecule has 27 heavy (non-hydrogen) atoms. The normalized spacial score (nSPS) is 22.9. The molecule has 1 aromatic carbocycles. The number of aliphatic hydroxyl groups excluding tert-OH is 1. The second kappa shape index (κ2) is 8.74. The smallest absolute Gasteiger partial charge is 0.158 e. The molecule has 0 saturated carbocycles. The Morgan fingerprint density at radius 3 is 2.78 bits per heavy atom. The average Bonchev–Trinajstić information content (AvgIpc) is 3.07. The zero-order valence-electron chi connectivity index (χ0n) is 16.1. The lowest BCUT2D eigenvalue weighted by Gasteiger charge is -2.24. The quantitative estimate of drug-likeness (QED) is 0.855. The van der Waals surface area contributed by atoms with E-state index in [9.17, 15) is 5.11 Å². The van der Waals surface area contributed by atoms with E-state index in [2.05, 4.69) is 30.0 Å². The molecule has 0 spiro atoms. The number of aliphatic hydroxyl groups is 1. The van der Waals surface area contributed by atoms with Crippen LogP contribution in [0.3, 0.4) is 0 Å². The number of nitrogens with zero attached hydrogens (tertiary/aromatic N) is 2. The van der Waals surface area contributed by atoms with Crippen LogP contribution in [0.4, 0.5) is 5.69 Å². The van der Waals surface area contributed by atoms with Crippen molar-refractivity contribution in [3.63, 3.8) is 0 Å². The highest BCUT2D eigenvalue weighted by molar-refractivity contribution is 5.93. The fourth-order valence-electron chi connectivity index (χ4n) is 3.94. The molecule has 0 bridgehead atoms. The number of β-amino-alcohol motifs (C(OH)–C–C–N with tert-alkyl or cyclic N) is 1. The molecule has 1 N–H and O–H groups in total. The predicted octanol–water partition coefficient (Wildman–Crippen LogP) is 3.89. The summed E-state index contributed by atoms with van der Waals surface area (Å²) in [4.78, 5) is 7.02. The highest BCUT2D eigenvalue weighted by atomic mass is 35.5. The number of aryl methyl sites for hydroxylation is 2. The molecule has 2 atom stereocenters. The Labute approximate surface area is 167 Å². The molecular formula is C21H29ClN2O3. The predicted molar refractivity (Wildman–Crippen MR) is 110 cm³/mol.